The highest BCUT2D eigenvalue weighted by molar-refractivity contribution is 4.73. The van der Waals surface area contributed by atoms with Crippen LogP contribution in [0.1, 0.15) is 19.3 Å². The molecule has 0 unspecified atom stereocenters. The molecule has 3 nitrogen and oxygen atoms in total. The Bertz CT molecular complexity index is 191. The summed E-state index contributed by atoms with van der Waals surface area (Å²) in [6.45, 7) is 2.51. The lowest BCUT2D eigenvalue weighted by Crippen LogP contribution is -2.39. The molecule has 2 N–H and O–H groups in total. The van der Waals surface area contributed by atoms with Gasteiger partial charge in [0.15, 0.2) is 0 Å². The first-order valence-electron chi connectivity index (χ1n) is 5.62. The van der Waals surface area contributed by atoms with Crippen LogP contribution >= 0.6 is 0 Å². The molecule has 0 bridgehead atoms. The van der Waals surface area contributed by atoms with Crippen molar-refractivity contribution in [1.82, 2.24) is 4.90 Å². The Hall–Kier alpha value is -0.330. The summed E-state index contributed by atoms with van der Waals surface area (Å²) < 4.78 is 41.4. The van der Waals surface area contributed by atoms with Crippen molar-refractivity contribution in [3.05, 3.63) is 0 Å². The summed E-state index contributed by atoms with van der Waals surface area (Å²) in [7, 11) is 0. The smallest absolute Gasteiger partial charge is 0.377 e. The lowest BCUT2D eigenvalue weighted by molar-refractivity contribution is -0.139. The van der Waals surface area contributed by atoms with Gasteiger partial charge in [-0.3, -0.25) is 0 Å². The summed E-state index contributed by atoms with van der Waals surface area (Å²) in [5.41, 5.74) is 5.31. The third-order valence-electron chi connectivity index (χ3n) is 2.72. The van der Waals surface area contributed by atoms with Gasteiger partial charge < -0.3 is 15.4 Å². The molecule has 0 aromatic rings. The van der Waals surface area contributed by atoms with E-state index in [4.69, 9.17) is 10.5 Å². The molecule has 1 rings (SSSR count). The second kappa shape index (κ2) is 6.42. The molecule has 1 saturated heterocycles. The maximum absolute atomic E-state index is 12.0. The third-order valence-corrected chi connectivity index (χ3v) is 2.72. The second-order valence-electron chi connectivity index (χ2n) is 4.07. The summed E-state index contributed by atoms with van der Waals surface area (Å²) >= 11 is 0. The van der Waals surface area contributed by atoms with Crippen molar-refractivity contribution >= 4 is 0 Å². The Morgan fingerprint density at radius 3 is 2.38 bits per heavy atom. The van der Waals surface area contributed by atoms with Crippen LogP contribution in [0.25, 0.3) is 0 Å². The number of nitrogens with two attached hydrogens (primary N) is 1. The fraction of sp³-hybridized carbons (Fsp3) is 1.00. The maximum Gasteiger partial charge on any atom is 0.390 e. The van der Waals surface area contributed by atoms with Crippen LogP contribution in [-0.2, 0) is 4.74 Å². The van der Waals surface area contributed by atoms with Crippen LogP contribution in [0.5, 0.6) is 0 Å². The average Bonchev–Trinajstić information content (AvgIpc) is 2.24. The highest BCUT2D eigenvalue weighted by Gasteiger charge is 2.29. The molecule has 0 amide bonds. The summed E-state index contributed by atoms with van der Waals surface area (Å²) in [5, 5.41) is 0. The van der Waals surface area contributed by atoms with Gasteiger partial charge in [0, 0.05) is 26.2 Å². The highest BCUT2D eigenvalue weighted by atomic mass is 19.4. The van der Waals surface area contributed by atoms with Crippen molar-refractivity contribution in [2.45, 2.75) is 31.5 Å². The van der Waals surface area contributed by atoms with Crippen molar-refractivity contribution in [3.8, 4) is 0 Å². The summed E-state index contributed by atoms with van der Waals surface area (Å²) in [5.74, 6) is 0. The lowest BCUT2D eigenvalue weighted by Gasteiger charge is -2.31. The summed E-state index contributed by atoms with van der Waals surface area (Å²) in [4.78, 5) is 1.84. The Morgan fingerprint density at radius 2 is 1.88 bits per heavy atom. The van der Waals surface area contributed by atoms with E-state index in [2.05, 4.69) is 0 Å². The van der Waals surface area contributed by atoms with E-state index in [9.17, 15) is 13.2 Å². The molecule has 1 fully saturated rings. The fourth-order valence-corrected chi connectivity index (χ4v) is 1.82. The first kappa shape index (κ1) is 13.7. The van der Waals surface area contributed by atoms with Crippen molar-refractivity contribution in [2.75, 3.05) is 32.8 Å². The largest absolute Gasteiger partial charge is 0.390 e. The number of alkyl halides is 3. The van der Waals surface area contributed by atoms with E-state index >= 15 is 0 Å². The van der Waals surface area contributed by atoms with E-state index in [1.165, 1.54) is 0 Å². The van der Waals surface area contributed by atoms with Gasteiger partial charge in [0.2, 0.25) is 0 Å². The predicted octanol–water partition coefficient (Wildman–Crippen LogP) is 1.38. The van der Waals surface area contributed by atoms with Crippen LogP contribution in [0.15, 0.2) is 0 Å². The van der Waals surface area contributed by atoms with Gasteiger partial charge in [-0.1, -0.05) is 0 Å². The average molecular weight is 240 g/mol. The number of likely N-dealkylation sites (tertiary alicyclic amines) is 1. The summed E-state index contributed by atoms with van der Waals surface area (Å²) in [6.07, 6.45) is -2.99. The Labute approximate surface area is 93.7 Å². The SMILES string of the molecule is NCCOC1CCN(CCC(F)(F)F)CC1. The topological polar surface area (TPSA) is 38.5 Å². The molecule has 0 aliphatic carbocycles. The van der Waals surface area contributed by atoms with Crippen molar-refractivity contribution < 1.29 is 17.9 Å². The number of hydrogen-bond acceptors (Lipinski definition) is 3. The molecule has 0 saturated carbocycles. The van der Waals surface area contributed by atoms with Gasteiger partial charge in [-0.15, -0.1) is 0 Å². The predicted molar refractivity (Wildman–Crippen MR) is 55.1 cm³/mol. The molecule has 0 spiro atoms. The minimum atomic E-state index is -4.05. The normalized spacial score (nSPS) is 20.2. The fourth-order valence-electron chi connectivity index (χ4n) is 1.82. The third kappa shape index (κ3) is 5.67. The molecule has 0 atom stereocenters. The number of rotatable bonds is 5. The van der Waals surface area contributed by atoms with Crippen molar-refractivity contribution in [2.24, 2.45) is 5.73 Å². The van der Waals surface area contributed by atoms with Crippen molar-refractivity contribution in [3.63, 3.8) is 0 Å². The van der Waals surface area contributed by atoms with E-state index in [0.29, 0.717) is 26.2 Å². The molecular formula is C10H19F3N2O. The molecule has 0 radical (unpaired) electrons. The van der Waals surface area contributed by atoms with Crippen LogP contribution in [0.2, 0.25) is 0 Å². The van der Waals surface area contributed by atoms with Gasteiger partial charge in [-0.2, -0.15) is 13.2 Å². The van der Waals surface area contributed by atoms with Crippen LogP contribution in [0.3, 0.4) is 0 Å². The lowest BCUT2D eigenvalue weighted by atomic mass is 10.1. The molecular weight excluding hydrogens is 221 g/mol. The second-order valence-corrected chi connectivity index (χ2v) is 4.07. The van der Waals surface area contributed by atoms with Crippen molar-refractivity contribution in [1.29, 1.82) is 0 Å². The number of nitrogens with zero attached hydrogens (tertiary/aromatic N) is 1. The molecule has 16 heavy (non-hydrogen) atoms. The first-order chi connectivity index (χ1) is 7.51. The van der Waals surface area contributed by atoms with E-state index in [0.717, 1.165) is 12.8 Å². The molecule has 1 aliphatic rings. The molecule has 1 heterocycles. The van der Waals surface area contributed by atoms with E-state index in [1.807, 2.05) is 4.90 Å². The van der Waals surface area contributed by atoms with Gasteiger partial charge in [-0.05, 0) is 12.8 Å². The van der Waals surface area contributed by atoms with Gasteiger partial charge >= 0.3 is 6.18 Å². The summed E-state index contributed by atoms with van der Waals surface area (Å²) in [6, 6.07) is 0. The van der Waals surface area contributed by atoms with E-state index < -0.39 is 12.6 Å². The maximum atomic E-state index is 12.0. The minimum absolute atomic E-state index is 0.104. The zero-order chi connectivity index (χ0) is 12.0. The zero-order valence-corrected chi connectivity index (χ0v) is 9.30. The van der Waals surface area contributed by atoms with Crippen LogP contribution in [0.4, 0.5) is 13.2 Å². The Morgan fingerprint density at radius 1 is 1.25 bits per heavy atom. The Balaban J connectivity index is 2.12. The van der Waals surface area contributed by atoms with Gasteiger partial charge in [-0.25, -0.2) is 0 Å². The quantitative estimate of drug-likeness (QED) is 0.789. The number of hydrogen-bond donors (Lipinski definition) is 1. The Kier molecular flexibility index (Phi) is 5.51. The van der Waals surface area contributed by atoms with E-state index in [1.54, 1.807) is 0 Å². The van der Waals surface area contributed by atoms with Crippen LogP contribution in [-0.4, -0.2) is 50.0 Å². The molecule has 1 aliphatic heterocycles. The molecule has 6 heteroatoms. The van der Waals surface area contributed by atoms with Gasteiger partial charge in [0.1, 0.15) is 0 Å². The monoisotopic (exact) mass is 240 g/mol. The standard InChI is InChI=1S/C10H19F3N2O/c11-10(12,13)3-7-15-5-1-9(2-6-15)16-8-4-14/h9H,1-8,14H2. The number of halogens is 3. The van der Waals surface area contributed by atoms with E-state index in [-0.39, 0.29) is 12.6 Å². The number of piperidine rings is 1. The highest BCUT2D eigenvalue weighted by Crippen LogP contribution is 2.21. The van der Waals surface area contributed by atoms with Crippen LogP contribution in [0, 0.1) is 0 Å². The van der Waals surface area contributed by atoms with Crippen LogP contribution < -0.4 is 5.73 Å². The molecule has 96 valence electrons. The zero-order valence-electron chi connectivity index (χ0n) is 9.30. The number of ether oxygens (including phenoxy) is 1. The van der Waals surface area contributed by atoms with Gasteiger partial charge in [0.05, 0.1) is 19.1 Å². The molecule has 0 aromatic carbocycles. The van der Waals surface area contributed by atoms with Gasteiger partial charge in [0.25, 0.3) is 0 Å². The minimum Gasteiger partial charge on any atom is -0.377 e. The molecule has 0 aromatic heterocycles. The first-order valence-corrected chi connectivity index (χ1v) is 5.62.